The Morgan fingerprint density at radius 3 is 2.29 bits per heavy atom. The second kappa shape index (κ2) is 14.3. The van der Waals surface area contributed by atoms with Crippen LogP contribution in [0.15, 0.2) is 66.5 Å². The van der Waals surface area contributed by atoms with E-state index in [9.17, 15) is 27.6 Å². The molecule has 0 bridgehead atoms. The van der Waals surface area contributed by atoms with Crippen LogP contribution in [0, 0.1) is 0 Å². The summed E-state index contributed by atoms with van der Waals surface area (Å²) >= 11 is 0. The van der Waals surface area contributed by atoms with Crippen LogP contribution in [-0.4, -0.2) is 59.8 Å². The number of amides is 3. The van der Waals surface area contributed by atoms with Gasteiger partial charge in [-0.1, -0.05) is 30.3 Å². The molecule has 0 aliphatic rings. The zero-order chi connectivity index (χ0) is 30.0. The number of fused-ring (bicyclic) bond motifs is 1. The molecule has 0 radical (unpaired) electrons. The van der Waals surface area contributed by atoms with Crippen LogP contribution < -0.4 is 27.8 Å². The molecular formula is C28H32F3N7O3. The van der Waals surface area contributed by atoms with Crippen LogP contribution in [0.1, 0.15) is 24.0 Å². The van der Waals surface area contributed by atoms with Gasteiger partial charge in [-0.3, -0.25) is 19.4 Å². The molecule has 8 N–H and O–H groups in total. The van der Waals surface area contributed by atoms with Crippen molar-refractivity contribution in [1.82, 2.24) is 15.2 Å². The van der Waals surface area contributed by atoms with E-state index in [1.54, 1.807) is 18.2 Å². The number of halogens is 3. The Kier molecular flexibility index (Phi) is 10.9. The SMILES string of the molecule is NCCN(CCN)C(=O)CC[C@H](N)C(=O)N/C(=C/c1ccc(C(F)(F)F)cc1)C(=O)Nc1cnc2ccccc2c1. The first-order valence-corrected chi connectivity index (χ1v) is 12.8. The predicted molar refractivity (Wildman–Crippen MR) is 150 cm³/mol. The summed E-state index contributed by atoms with van der Waals surface area (Å²) in [5.41, 5.74) is 17.2. The largest absolute Gasteiger partial charge is 0.416 e. The minimum absolute atomic E-state index is 0.0277. The maximum atomic E-state index is 13.2. The molecule has 3 rings (SSSR count). The van der Waals surface area contributed by atoms with Crippen molar-refractivity contribution in [3.05, 3.63) is 77.6 Å². The number of hydrogen-bond acceptors (Lipinski definition) is 7. The maximum absolute atomic E-state index is 13.2. The molecular weight excluding hydrogens is 539 g/mol. The van der Waals surface area contributed by atoms with Gasteiger partial charge in [0, 0.05) is 38.0 Å². The lowest BCUT2D eigenvalue weighted by atomic mass is 10.1. The molecule has 10 nitrogen and oxygen atoms in total. The number of nitrogens with one attached hydrogen (secondary N) is 2. The Morgan fingerprint density at radius 2 is 1.66 bits per heavy atom. The average Bonchev–Trinajstić information content (AvgIpc) is 2.94. The van der Waals surface area contributed by atoms with Crippen molar-refractivity contribution in [2.75, 3.05) is 31.5 Å². The maximum Gasteiger partial charge on any atom is 0.416 e. The predicted octanol–water partition coefficient (Wildman–Crippen LogP) is 2.20. The van der Waals surface area contributed by atoms with Gasteiger partial charge in [-0.05, 0) is 42.3 Å². The van der Waals surface area contributed by atoms with E-state index in [1.165, 1.54) is 29.3 Å². The van der Waals surface area contributed by atoms with E-state index >= 15 is 0 Å². The quantitative estimate of drug-likeness (QED) is 0.208. The first kappa shape index (κ1) is 31.2. The lowest BCUT2D eigenvalue weighted by Gasteiger charge is -2.22. The van der Waals surface area contributed by atoms with E-state index in [2.05, 4.69) is 15.6 Å². The summed E-state index contributed by atoms with van der Waals surface area (Å²) in [5.74, 6) is -1.78. The molecule has 0 fully saturated rings. The summed E-state index contributed by atoms with van der Waals surface area (Å²) in [4.78, 5) is 44.4. The molecule has 1 atom stereocenters. The van der Waals surface area contributed by atoms with Gasteiger partial charge >= 0.3 is 6.18 Å². The van der Waals surface area contributed by atoms with Crippen molar-refractivity contribution < 1.29 is 27.6 Å². The fourth-order valence-corrected chi connectivity index (χ4v) is 3.90. The number of carbonyl (C=O) groups excluding carboxylic acids is 3. The molecule has 3 aromatic rings. The molecule has 0 unspecified atom stereocenters. The lowest BCUT2D eigenvalue weighted by molar-refractivity contribution is -0.137. The van der Waals surface area contributed by atoms with Gasteiger partial charge in [0.15, 0.2) is 0 Å². The Balaban J connectivity index is 1.79. The van der Waals surface area contributed by atoms with Crippen LogP contribution in [0.3, 0.4) is 0 Å². The van der Waals surface area contributed by atoms with Crippen molar-refractivity contribution in [3.8, 4) is 0 Å². The average molecular weight is 572 g/mol. The second-order valence-corrected chi connectivity index (χ2v) is 9.14. The van der Waals surface area contributed by atoms with Crippen LogP contribution in [-0.2, 0) is 20.6 Å². The Morgan fingerprint density at radius 1 is 1.00 bits per heavy atom. The summed E-state index contributed by atoms with van der Waals surface area (Å²) in [6.45, 7) is 1.11. The van der Waals surface area contributed by atoms with Crippen molar-refractivity contribution in [1.29, 1.82) is 0 Å². The summed E-state index contributed by atoms with van der Waals surface area (Å²) in [5, 5.41) is 5.84. The van der Waals surface area contributed by atoms with E-state index in [4.69, 9.17) is 17.2 Å². The second-order valence-electron chi connectivity index (χ2n) is 9.14. The third kappa shape index (κ3) is 9.10. The van der Waals surface area contributed by atoms with E-state index in [0.29, 0.717) is 24.3 Å². The van der Waals surface area contributed by atoms with Crippen LogP contribution in [0.4, 0.5) is 18.9 Å². The minimum atomic E-state index is -4.53. The fraction of sp³-hybridized carbons (Fsp3) is 0.286. The minimum Gasteiger partial charge on any atom is -0.340 e. The molecule has 2 aromatic carbocycles. The molecule has 41 heavy (non-hydrogen) atoms. The van der Waals surface area contributed by atoms with Crippen molar-refractivity contribution >= 4 is 40.4 Å². The van der Waals surface area contributed by atoms with Gasteiger partial charge in [0.2, 0.25) is 11.8 Å². The van der Waals surface area contributed by atoms with Gasteiger partial charge in [-0.2, -0.15) is 13.2 Å². The number of anilines is 1. The number of alkyl halides is 3. The van der Waals surface area contributed by atoms with Gasteiger partial charge in [0.05, 0.1) is 29.0 Å². The number of aromatic nitrogens is 1. The van der Waals surface area contributed by atoms with Crippen LogP contribution in [0.25, 0.3) is 17.0 Å². The molecule has 218 valence electrons. The van der Waals surface area contributed by atoms with E-state index < -0.39 is 29.6 Å². The van der Waals surface area contributed by atoms with Crippen LogP contribution in [0.5, 0.6) is 0 Å². The van der Waals surface area contributed by atoms with Gasteiger partial charge in [-0.25, -0.2) is 0 Å². The number of carbonyl (C=O) groups is 3. The van der Waals surface area contributed by atoms with Gasteiger partial charge < -0.3 is 32.7 Å². The highest BCUT2D eigenvalue weighted by atomic mass is 19.4. The highest BCUT2D eigenvalue weighted by molar-refractivity contribution is 6.09. The van der Waals surface area contributed by atoms with E-state index in [0.717, 1.165) is 17.5 Å². The zero-order valence-corrected chi connectivity index (χ0v) is 22.2. The molecule has 0 saturated heterocycles. The molecule has 3 amide bonds. The number of rotatable bonds is 12. The Bertz CT molecular complexity index is 1390. The van der Waals surface area contributed by atoms with Crippen molar-refractivity contribution in [2.24, 2.45) is 17.2 Å². The first-order chi connectivity index (χ1) is 19.5. The van der Waals surface area contributed by atoms with E-state index in [-0.39, 0.29) is 43.1 Å². The molecule has 1 heterocycles. The molecule has 0 aliphatic heterocycles. The smallest absolute Gasteiger partial charge is 0.340 e. The lowest BCUT2D eigenvalue weighted by Crippen LogP contribution is -2.44. The topological polar surface area (TPSA) is 169 Å². The van der Waals surface area contributed by atoms with Crippen molar-refractivity contribution in [3.63, 3.8) is 0 Å². The van der Waals surface area contributed by atoms with Gasteiger partial charge in [0.25, 0.3) is 5.91 Å². The Hall–Kier alpha value is -4.33. The van der Waals surface area contributed by atoms with Crippen LogP contribution >= 0.6 is 0 Å². The molecule has 13 heteroatoms. The summed E-state index contributed by atoms with van der Waals surface area (Å²) in [6, 6.07) is 11.8. The molecule has 0 saturated carbocycles. The highest BCUT2D eigenvalue weighted by Gasteiger charge is 2.30. The van der Waals surface area contributed by atoms with E-state index in [1.807, 2.05) is 12.1 Å². The third-order valence-corrected chi connectivity index (χ3v) is 6.06. The number of benzene rings is 2. The number of nitrogens with two attached hydrogens (primary N) is 3. The normalized spacial score (nSPS) is 12.6. The van der Waals surface area contributed by atoms with Crippen LogP contribution in [0.2, 0.25) is 0 Å². The number of hydrogen-bond donors (Lipinski definition) is 5. The monoisotopic (exact) mass is 571 g/mol. The number of para-hydroxylation sites is 1. The molecule has 0 spiro atoms. The third-order valence-electron chi connectivity index (χ3n) is 6.06. The first-order valence-electron chi connectivity index (χ1n) is 12.8. The number of pyridine rings is 1. The standard InChI is InChI=1S/C28H32F3N7O3/c29-28(30,31)20-7-5-18(6-8-20)15-24(27(41)36-21-16-19-3-1-2-4-23(19)35-17-21)37-26(40)22(34)9-10-25(39)38(13-11-32)14-12-33/h1-8,15-17,22H,9-14,32-34H2,(H,36,41)(H,37,40)/b24-15+/t22-/m0/s1. The number of nitrogens with zero attached hydrogens (tertiary/aromatic N) is 2. The highest BCUT2D eigenvalue weighted by Crippen LogP contribution is 2.29. The van der Waals surface area contributed by atoms with Crippen molar-refractivity contribution in [2.45, 2.75) is 25.1 Å². The van der Waals surface area contributed by atoms with Gasteiger partial charge in [0.1, 0.15) is 5.70 Å². The zero-order valence-electron chi connectivity index (χ0n) is 22.2. The molecule has 0 aliphatic carbocycles. The summed E-state index contributed by atoms with van der Waals surface area (Å²) in [7, 11) is 0. The summed E-state index contributed by atoms with van der Waals surface area (Å²) in [6.07, 6.45) is -1.96. The molecule has 1 aromatic heterocycles. The summed E-state index contributed by atoms with van der Waals surface area (Å²) < 4.78 is 39.0. The fourth-order valence-electron chi connectivity index (χ4n) is 3.90. The Labute approximate surface area is 234 Å². The van der Waals surface area contributed by atoms with Gasteiger partial charge in [-0.15, -0.1) is 0 Å².